The molecule has 3 rings (SSSR count). The monoisotopic (exact) mass is 273 g/mol. The van der Waals surface area contributed by atoms with E-state index in [-0.39, 0.29) is 18.4 Å². The number of aryl methyl sites for hydroxylation is 1. The van der Waals surface area contributed by atoms with Crippen molar-refractivity contribution in [2.45, 2.75) is 32.1 Å². The molecule has 0 spiro atoms. The molecule has 4 heteroatoms. The van der Waals surface area contributed by atoms with E-state index in [1.54, 1.807) is 0 Å². The molecular weight excluding hydrogens is 254 g/mol. The maximum absolute atomic E-state index is 12.1. The van der Waals surface area contributed by atoms with Gasteiger partial charge in [-0.05, 0) is 43.2 Å². The molecule has 2 aliphatic carbocycles. The number of nitrogens with one attached hydrogen (secondary N) is 1. The third kappa shape index (κ3) is 2.30. The van der Waals surface area contributed by atoms with E-state index >= 15 is 0 Å². The molecule has 4 nitrogen and oxygen atoms in total. The Kier molecular flexibility index (Phi) is 3.04. The summed E-state index contributed by atoms with van der Waals surface area (Å²) in [4.78, 5) is 23.2. The first kappa shape index (κ1) is 13.2. The Morgan fingerprint density at radius 3 is 2.65 bits per heavy atom. The molecule has 2 saturated carbocycles. The van der Waals surface area contributed by atoms with Crippen LogP contribution >= 0.6 is 0 Å². The zero-order valence-electron chi connectivity index (χ0n) is 11.6. The summed E-state index contributed by atoms with van der Waals surface area (Å²) in [6, 6.07) is 8.14. The van der Waals surface area contributed by atoms with Crippen LogP contribution in [0.1, 0.15) is 36.3 Å². The average Bonchev–Trinajstić information content (AvgIpc) is 3.30. The number of hydrogen-bond acceptors (Lipinski definition) is 2. The highest BCUT2D eigenvalue weighted by Gasteiger charge is 2.51. The van der Waals surface area contributed by atoms with Crippen molar-refractivity contribution in [1.82, 2.24) is 5.32 Å². The average molecular weight is 273 g/mol. The van der Waals surface area contributed by atoms with E-state index in [1.807, 2.05) is 12.1 Å². The lowest BCUT2D eigenvalue weighted by molar-refractivity contribution is -0.143. The van der Waals surface area contributed by atoms with Crippen LogP contribution in [0.3, 0.4) is 0 Å². The van der Waals surface area contributed by atoms with Gasteiger partial charge < -0.3 is 10.4 Å². The highest BCUT2D eigenvalue weighted by atomic mass is 16.4. The highest BCUT2D eigenvalue weighted by molar-refractivity contribution is 5.84. The summed E-state index contributed by atoms with van der Waals surface area (Å²) < 4.78 is 0. The van der Waals surface area contributed by atoms with Crippen LogP contribution in [-0.2, 0) is 9.59 Å². The predicted molar refractivity (Wildman–Crippen MR) is 74.3 cm³/mol. The second-order valence-corrected chi connectivity index (χ2v) is 6.11. The molecule has 0 bridgehead atoms. The third-order valence-corrected chi connectivity index (χ3v) is 4.62. The molecule has 2 atom stereocenters. The SMILES string of the molecule is Cc1ccccc1C1CC1C(=O)NCC1(C(=O)O)CC1. The van der Waals surface area contributed by atoms with Crippen molar-refractivity contribution < 1.29 is 14.7 Å². The molecule has 0 saturated heterocycles. The zero-order valence-corrected chi connectivity index (χ0v) is 11.6. The Morgan fingerprint density at radius 1 is 1.35 bits per heavy atom. The Bertz CT molecular complexity index is 563. The first-order chi connectivity index (χ1) is 9.53. The van der Waals surface area contributed by atoms with Gasteiger partial charge in [-0.1, -0.05) is 24.3 Å². The Morgan fingerprint density at radius 2 is 2.05 bits per heavy atom. The molecule has 1 amide bonds. The summed E-state index contributed by atoms with van der Waals surface area (Å²) in [6.45, 7) is 2.34. The minimum Gasteiger partial charge on any atom is -0.481 e. The van der Waals surface area contributed by atoms with Crippen molar-refractivity contribution in [3.8, 4) is 0 Å². The molecule has 2 N–H and O–H groups in total. The maximum atomic E-state index is 12.1. The molecule has 0 aromatic heterocycles. The number of carboxylic acid groups (broad SMARTS) is 1. The van der Waals surface area contributed by atoms with Gasteiger partial charge in [-0.3, -0.25) is 9.59 Å². The summed E-state index contributed by atoms with van der Waals surface area (Å²) in [5, 5.41) is 11.9. The van der Waals surface area contributed by atoms with E-state index in [2.05, 4.69) is 24.4 Å². The number of carbonyl (C=O) groups excluding carboxylic acids is 1. The minimum atomic E-state index is -0.788. The van der Waals surface area contributed by atoms with Crippen molar-refractivity contribution in [2.75, 3.05) is 6.54 Å². The second kappa shape index (κ2) is 4.62. The van der Waals surface area contributed by atoms with Crippen molar-refractivity contribution in [2.24, 2.45) is 11.3 Å². The van der Waals surface area contributed by atoms with Crippen molar-refractivity contribution in [1.29, 1.82) is 0 Å². The fourth-order valence-electron chi connectivity index (χ4n) is 2.84. The topological polar surface area (TPSA) is 66.4 Å². The van der Waals surface area contributed by atoms with Crippen LogP contribution in [-0.4, -0.2) is 23.5 Å². The molecule has 1 aromatic rings. The number of carboxylic acids is 1. The van der Waals surface area contributed by atoms with Gasteiger partial charge in [0.25, 0.3) is 0 Å². The largest absolute Gasteiger partial charge is 0.481 e. The molecule has 106 valence electrons. The van der Waals surface area contributed by atoms with Gasteiger partial charge in [0.1, 0.15) is 0 Å². The quantitative estimate of drug-likeness (QED) is 0.863. The van der Waals surface area contributed by atoms with E-state index in [1.165, 1.54) is 11.1 Å². The van der Waals surface area contributed by atoms with E-state index in [0.29, 0.717) is 18.8 Å². The van der Waals surface area contributed by atoms with Gasteiger partial charge >= 0.3 is 5.97 Å². The van der Waals surface area contributed by atoms with Crippen LogP contribution in [0, 0.1) is 18.3 Å². The molecule has 20 heavy (non-hydrogen) atoms. The van der Waals surface area contributed by atoms with E-state index < -0.39 is 11.4 Å². The maximum Gasteiger partial charge on any atom is 0.311 e. The standard InChI is InChI=1S/C16H19NO3/c1-10-4-2-3-5-11(10)12-8-13(12)14(18)17-9-16(6-7-16)15(19)20/h2-5,12-13H,6-9H2,1H3,(H,17,18)(H,19,20). The smallest absolute Gasteiger partial charge is 0.311 e. The van der Waals surface area contributed by atoms with Gasteiger partial charge in [0.15, 0.2) is 0 Å². The molecule has 1 aromatic carbocycles. The molecular formula is C16H19NO3. The van der Waals surface area contributed by atoms with E-state index in [0.717, 1.165) is 6.42 Å². The fourth-order valence-corrected chi connectivity index (χ4v) is 2.84. The van der Waals surface area contributed by atoms with Crippen LogP contribution in [0.4, 0.5) is 0 Å². The first-order valence-corrected chi connectivity index (χ1v) is 7.10. The van der Waals surface area contributed by atoms with Crippen LogP contribution in [0.25, 0.3) is 0 Å². The zero-order chi connectivity index (χ0) is 14.3. The minimum absolute atomic E-state index is 0.00535. The number of aliphatic carboxylic acids is 1. The van der Waals surface area contributed by atoms with Gasteiger partial charge in [0, 0.05) is 12.5 Å². The third-order valence-electron chi connectivity index (χ3n) is 4.62. The van der Waals surface area contributed by atoms with Crippen molar-refractivity contribution >= 4 is 11.9 Å². The first-order valence-electron chi connectivity index (χ1n) is 7.10. The fraction of sp³-hybridized carbons (Fsp3) is 0.500. The van der Waals surface area contributed by atoms with Crippen molar-refractivity contribution in [3.05, 3.63) is 35.4 Å². The molecule has 0 heterocycles. The molecule has 0 aliphatic heterocycles. The second-order valence-electron chi connectivity index (χ2n) is 6.11. The number of benzene rings is 1. The van der Waals surface area contributed by atoms with Crippen LogP contribution in [0.15, 0.2) is 24.3 Å². The van der Waals surface area contributed by atoms with Gasteiger partial charge in [-0.25, -0.2) is 0 Å². The number of rotatable bonds is 5. The Hall–Kier alpha value is -1.84. The van der Waals surface area contributed by atoms with E-state index in [9.17, 15) is 9.59 Å². The van der Waals surface area contributed by atoms with Gasteiger partial charge in [0.05, 0.1) is 5.41 Å². The number of hydrogen-bond donors (Lipinski definition) is 2. The van der Waals surface area contributed by atoms with Gasteiger partial charge in [-0.15, -0.1) is 0 Å². The molecule has 2 unspecified atom stereocenters. The normalized spacial score (nSPS) is 25.9. The summed E-state index contributed by atoms with van der Waals surface area (Å²) in [5.74, 6) is -0.466. The molecule has 2 fully saturated rings. The predicted octanol–water partition coefficient (Wildman–Crippen LogP) is 2.08. The van der Waals surface area contributed by atoms with Crippen LogP contribution < -0.4 is 5.32 Å². The van der Waals surface area contributed by atoms with Crippen molar-refractivity contribution in [3.63, 3.8) is 0 Å². The summed E-state index contributed by atoms with van der Waals surface area (Å²) in [6.07, 6.45) is 2.22. The molecule has 2 aliphatic rings. The van der Waals surface area contributed by atoms with Crippen LogP contribution in [0.5, 0.6) is 0 Å². The van der Waals surface area contributed by atoms with Crippen LogP contribution in [0.2, 0.25) is 0 Å². The van der Waals surface area contributed by atoms with Gasteiger partial charge in [0.2, 0.25) is 5.91 Å². The Labute approximate surface area is 118 Å². The summed E-state index contributed by atoms with van der Waals surface area (Å²) in [5.41, 5.74) is 1.78. The lowest BCUT2D eigenvalue weighted by Gasteiger charge is -2.11. The van der Waals surface area contributed by atoms with Gasteiger partial charge in [-0.2, -0.15) is 0 Å². The lowest BCUT2D eigenvalue weighted by Crippen LogP contribution is -2.35. The van der Waals surface area contributed by atoms with E-state index in [4.69, 9.17) is 5.11 Å². The lowest BCUT2D eigenvalue weighted by atomic mass is 10.0. The number of amides is 1. The highest BCUT2D eigenvalue weighted by Crippen LogP contribution is 2.49. The molecule has 0 radical (unpaired) electrons. The number of carbonyl (C=O) groups is 2. The summed E-state index contributed by atoms with van der Waals surface area (Å²) in [7, 11) is 0. The summed E-state index contributed by atoms with van der Waals surface area (Å²) >= 11 is 0. The Balaban J connectivity index is 1.56.